The van der Waals surface area contributed by atoms with Crippen LogP contribution in [0.3, 0.4) is 0 Å². The van der Waals surface area contributed by atoms with Gasteiger partial charge in [-0.05, 0) is 43.9 Å². The summed E-state index contributed by atoms with van der Waals surface area (Å²) in [6, 6.07) is 3.48. The fourth-order valence-corrected chi connectivity index (χ4v) is 2.49. The third kappa shape index (κ3) is 4.60. The van der Waals surface area contributed by atoms with Crippen LogP contribution in [0.25, 0.3) is 0 Å². The molecule has 0 aromatic heterocycles. The number of hydrogen-bond acceptors (Lipinski definition) is 7. The van der Waals surface area contributed by atoms with Crippen LogP contribution in [0.1, 0.15) is 37.8 Å². The lowest BCUT2D eigenvalue weighted by atomic mass is 9.99. The Morgan fingerprint density at radius 3 is 2.62 bits per heavy atom. The number of hydrogen-bond donors (Lipinski definition) is 5. The predicted octanol–water partition coefficient (Wildman–Crippen LogP) is 0.0722. The number of carboxylic acids is 1. The van der Waals surface area contributed by atoms with Crippen LogP contribution in [-0.2, 0) is 11.2 Å². The molecule has 5 atom stereocenters. The number of allylic oxidation sites excluding steroid dienone is 2. The Kier molecular flexibility index (Phi) is 4.38. The molecule has 0 bridgehead atoms. The van der Waals surface area contributed by atoms with Crippen LogP contribution in [0.2, 0.25) is 0 Å². The van der Waals surface area contributed by atoms with Gasteiger partial charge in [0.2, 0.25) is 6.29 Å². The molecule has 1 aromatic rings. The van der Waals surface area contributed by atoms with E-state index in [9.17, 15) is 30.3 Å². The third-order valence-corrected chi connectivity index (χ3v) is 3.93. The van der Waals surface area contributed by atoms with Gasteiger partial charge in [0.05, 0.1) is 12.2 Å². The van der Waals surface area contributed by atoms with E-state index in [1.54, 1.807) is 0 Å². The summed E-state index contributed by atoms with van der Waals surface area (Å²) in [6.45, 7) is -6.54. The summed E-state index contributed by atoms with van der Waals surface area (Å²) < 4.78 is 55.4. The molecule has 1 heterocycles. The van der Waals surface area contributed by atoms with E-state index in [1.807, 2.05) is 0 Å². The van der Waals surface area contributed by atoms with Crippen LogP contribution in [0, 0.1) is 0 Å². The smallest absolute Gasteiger partial charge is 0.335 e. The van der Waals surface area contributed by atoms with Crippen LogP contribution in [0.5, 0.6) is 5.75 Å². The van der Waals surface area contributed by atoms with Crippen LogP contribution in [-0.4, -0.2) is 68.8 Å². The molecule has 1 fully saturated rings. The van der Waals surface area contributed by atoms with Gasteiger partial charge >= 0.3 is 5.97 Å². The average molecular weight is 374 g/mol. The van der Waals surface area contributed by atoms with Crippen molar-refractivity contribution >= 4 is 5.97 Å². The van der Waals surface area contributed by atoms with Crippen molar-refractivity contribution < 1.29 is 48.0 Å². The van der Waals surface area contributed by atoms with E-state index in [-0.39, 0.29) is 23.3 Å². The van der Waals surface area contributed by atoms with Crippen molar-refractivity contribution in [3.05, 3.63) is 41.0 Å². The number of carboxylic acid groups (broad SMARTS) is 1. The van der Waals surface area contributed by atoms with Crippen molar-refractivity contribution in [2.75, 3.05) is 6.61 Å². The molecule has 0 radical (unpaired) electrons. The molecule has 8 nitrogen and oxygen atoms in total. The standard InChI is InChI=1S/C18H24O8/c1-9(2)3-4-10-7-11(17(23)24)5-6-12(10)25-18-16(22)15(21)14(20)13(8-19)26-18/h3,5-7,13-16,18-22H,4,8H2,1-2H3,(H,23,24)/t13-,14-,15?,16-,18-/m1/s1/i1D3,2D3. The Bertz CT molecular complexity index is 835. The summed E-state index contributed by atoms with van der Waals surface area (Å²) in [5.74, 6) is -1.40. The minimum absolute atomic E-state index is 0.0628. The molecule has 0 spiro atoms. The Balaban J connectivity index is 2.42. The molecular weight excluding hydrogens is 344 g/mol. The maximum atomic E-state index is 11.3. The van der Waals surface area contributed by atoms with E-state index in [2.05, 4.69) is 0 Å². The topological polar surface area (TPSA) is 137 Å². The molecule has 0 saturated carbocycles. The molecule has 144 valence electrons. The normalized spacial score (nSPS) is 32.8. The molecule has 1 unspecified atom stereocenters. The van der Waals surface area contributed by atoms with E-state index >= 15 is 0 Å². The molecule has 5 N–H and O–H groups in total. The van der Waals surface area contributed by atoms with Crippen molar-refractivity contribution in [1.82, 2.24) is 0 Å². The molecule has 8 heteroatoms. The number of benzene rings is 1. The lowest BCUT2D eigenvalue weighted by molar-refractivity contribution is -0.277. The molecule has 1 aliphatic rings. The van der Waals surface area contributed by atoms with Crippen molar-refractivity contribution in [2.45, 2.75) is 50.8 Å². The number of aromatic carboxylic acids is 1. The molecular formula is C18H24O8. The van der Waals surface area contributed by atoms with E-state index in [4.69, 9.17) is 17.7 Å². The van der Waals surface area contributed by atoms with Gasteiger partial charge in [-0.3, -0.25) is 0 Å². The highest BCUT2D eigenvalue weighted by atomic mass is 16.7. The van der Waals surface area contributed by atoms with E-state index in [1.165, 1.54) is 6.07 Å². The average Bonchev–Trinajstić information content (AvgIpc) is 2.67. The van der Waals surface area contributed by atoms with E-state index in [0.717, 1.165) is 18.2 Å². The fourth-order valence-electron chi connectivity index (χ4n) is 2.49. The number of aliphatic hydroxyl groups excluding tert-OH is 4. The first kappa shape index (κ1) is 13.2. The monoisotopic (exact) mass is 374 g/mol. The van der Waals surface area contributed by atoms with Gasteiger partial charge in [0, 0.05) is 8.22 Å². The number of ether oxygens (including phenoxy) is 2. The highest BCUT2D eigenvalue weighted by Gasteiger charge is 2.44. The largest absolute Gasteiger partial charge is 0.478 e. The summed E-state index contributed by atoms with van der Waals surface area (Å²) in [6.07, 6.45) is -7.32. The number of carbonyl (C=O) groups is 1. The minimum Gasteiger partial charge on any atom is -0.478 e. The second kappa shape index (κ2) is 8.61. The van der Waals surface area contributed by atoms with Gasteiger partial charge in [0.25, 0.3) is 0 Å². The Hall–Kier alpha value is -1.97. The first-order chi connectivity index (χ1) is 14.7. The second-order valence-corrected chi connectivity index (χ2v) is 5.76. The molecule has 2 rings (SSSR count). The maximum absolute atomic E-state index is 11.3. The van der Waals surface area contributed by atoms with Gasteiger partial charge in [0.1, 0.15) is 30.2 Å². The van der Waals surface area contributed by atoms with Crippen molar-refractivity contribution in [1.29, 1.82) is 0 Å². The van der Waals surface area contributed by atoms with Gasteiger partial charge in [-0.15, -0.1) is 0 Å². The zero-order valence-corrected chi connectivity index (χ0v) is 13.6. The maximum Gasteiger partial charge on any atom is 0.335 e. The molecule has 26 heavy (non-hydrogen) atoms. The fraction of sp³-hybridized carbons (Fsp3) is 0.500. The van der Waals surface area contributed by atoms with E-state index < -0.39 is 62.6 Å². The van der Waals surface area contributed by atoms with Crippen LogP contribution in [0.4, 0.5) is 0 Å². The molecule has 0 aliphatic carbocycles. The summed E-state index contributed by atoms with van der Waals surface area (Å²) in [5, 5.41) is 48.4. The zero-order valence-electron chi connectivity index (χ0n) is 19.6. The van der Waals surface area contributed by atoms with Crippen molar-refractivity contribution in [3.63, 3.8) is 0 Å². The lowest BCUT2D eigenvalue weighted by Gasteiger charge is -2.39. The summed E-state index contributed by atoms with van der Waals surface area (Å²) in [4.78, 5) is 11.3. The molecule has 1 saturated heterocycles. The quantitative estimate of drug-likeness (QED) is 0.441. The molecule has 1 aliphatic heterocycles. The summed E-state index contributed by atoms with van der Waals surface area (Å²) >= 11 is 0. The molecule has 1 aromatic carbocycles. The van der Waals surface area contributed by atoms with E-state index in [0.29, 0.717) is 0 Å². The highest BCUT2D eigenvalue weighted by Crippen LogP contribution is 2.28. The predicted molar refractivity (Wildman–Crippen MR) is 90.9 cm³/mol. The van der Waals surface area contributed by atoms with Crippen LogP contribution < -0.4 is 4.74 Å². The van der Waals surface area contributed by atoms with Crippen molar-refractivity contribution in [2.24, 2.45) is 0 Å². The molecule has 0 amide bonds. The Morgan fingerprint density at radius 2 is 2.00 bits per heavy atom. The highest BCUT2D eigenvalue weighted by molar-refractivity contribution is 5.88. The Morgan fingerprint density at radius 1 is 1.27 bits per heavy atom. The first-order valence-corrected chi connectivity index (χ1v) is 7.71. The summed E-state index contributed by atoms with van der Waals surface area (Å²) in [7, 11) is 0. The zero-order chi connectivity index (χ0) is 24.4. The minimum atomic E-state index is -2.92. The second-order valence-electron chi connectivity index (χ2n) is 5.76. The lowest BCUT2D eigenvalue weighted by Crippen LogP contribution is -2.60. The van der Waals surface area contributed by atoms with Gasteiger partial charge < -0.3 is 35.0 Å². The van der Waals surface area contributed by atoms with Gasteiger partial charge in [-0.1, -0.05) is 11.6 Å². The first-order valence-electron chi connectivity index (χ1n) is 10.7. The third-order valence-electron chi connectivity index (χ3n) is 3.93. The van der Waals surface area contributed by atoms with Crippen LogP contribution >= 0.6 is 0 Å². The SMILES string of the molecule is [2H]C([2H])([2H])C(=CCc1cc(C(=O)O)ccc1O[C@@H]1O[C@H](CO)[C@@H](O)C(O)[C@H]1O)C([2H])([2H])[2H]. The number of rotatable bonds is 6. The van der Waals surface area contributed by atoms with Crippen LogP contribution in [0.15, 0.2) is 29.8 Å². The summed E-state index contributed by atoms with van der Waals surface area (Å²) in [5.41, 5.74) is -0.948. The number of aliphatic hydroxyl groups is 4. The van der Waals surface area contributed by atoms with Crippen molar-refractivity contribution in [3.8, 4) is 5.75 Å². The van der Waals surface area contributed by atoms with Gasteiger partial charge in [-0.25, -0.2) is 4.79 Å². The van der Waals surface area contributed by atoms with Gasteiger partial charge in [-0.2, -0.15) is 0 Å². The van der Waals surface area contributed by atoms with Gasteiger partial charge in [0.15, 0.2) is 0 Å². The Labute approximate surface area is 159 Å².